The smallest absolute Gasteiger partial charge is 0.242 e. The van der Waals surface area contributed by atoms with Gasteiger partial charge in [0.05, 0.1) is 12.2 Å². The molecule has 32 heavy (non-hydrogen) atoms. The van der Waals surface area contributed by atoms with Gasteiger partial charge in [-0.05, 0) is 29.7 Å². The number of amidine groups is 1. The highest BCUT2D eigenvalue weighted by Crippen LogP contribution is 2.32. The van der Waals surface area contributed by atoms with Gasteiger partial charge in [-0.25, -0.2) is 4.99 Å². The van der Waals surface area contributed by atoms with E-state index in [9.17, 15) is 9.59 Å². The summed E-state index contributed by atoms with van der Waals surface area (Å²) in [5.74, 6) is -0.195. The third-order valence-corrected chi connectivity index (χ3v) is 6.31. The Labute approximate surface area is 192 Å². The standard InChI is InChI=1S/C26H25N3O2S/c30-24(27-17-16-20-10-4-1-5-11-20)18-23-25(31)29(19-21-12-6-2-7-13-21)26(32-23)28-22-14-8-3-9-15-22/h1-15,23H,16-19H2,(H,27,30)/t23-/m1/s1. The van der Waals surface area contributed by atoms with Gasteiger partial charge < -0.3 is 5.32 Å². The number of carbonyl (C=O) groups excluding carboxylic acids is 2. The molecule has 1 heterocycles. The number of nitrogens with zero attached hydrogens (tertiary/aromatic N) is 2. The van der Waals surface area contributed by atoms with Gasteiger partial charge in [-0.15, -0.1) is 0 Å². The Hall–Kier alpha value is -3.38. The van der Waals surface area contributed by atoms with Crippen LogP contribution in [-0.4, -0.2) is 33.7 Å². The molecule has 1 N–H and O–H groups in total. The van der Waals surface area contributed by atoms with Crippen LogP contribution in [0.15, 0.2) is 96.0 Å². The van der Waals surface area contributed by atoms with E-state index < -0.39 is 5.25 Å². The quantitative estimate of drug-likeness (QED) is 0.555. The van der Waals surface area contributed by atoms with E-state index in [1.54, 1.807) is 4.90 Å². The summed E-state index contributed by atoms with van der Waals surface area (Å²) in [4.78, 5) is 32.1. The molecule has 162 valence electrons. The predicted molar refractivity (Wildman–Crippen MR) is 130 cm³/mol. The van der Waals surface area contributed by atoms with Crippen molar-refractivity contribution in [3.8, 4) is 0 Å². The number of aliphatic imine (C=N–C) groups is 1. The van der Waals surface area contributed by atoms with Crippen LogP contribution in [0.2, 0.25) is 0 Å². The summed E-state index contributed by atoms with van der Waals surface area (Å²) in [6, 6.07) is 29.4. The fraction of sp³-hybridized carbons (Fsp3) is 0.192. The molecule has 1 aliphatic rings. The summed E-state index contributed by atoms with van der Waals surface area (Å²) in [7, 11) is 0. The summed E-state index contributed by atoms with van der Waals surface area (Å²) < 4.78 is 0. The maximum absolute atomic E-state index is 13.2. The molecule has 2 amide bonds. The summed E-state index contributed by atoms with van der Waals surface area (Å²) >= 11 is 1.36. The predicted octanol–water partition coefficient (Wildman–Crippen LogP) is 4.57. The molecule has 3 aromatic rings. The van der Waals surface area contributed by atoms with E-state index in [1.807, 2.05) is 91.0 Å². The molecule has 0 aromatic heterocycles. The van der Waals surface area contributed by atoms with Crippen molar-refractivity contribution in [1.29, 1.82) is 0 Å². The number of nitrogens with one attached hydrogen (secondary N) is 1. The zero-order chi connectivity index (χ0) is 22.2. The number of para-hydroxylation sites is 1. The first kappa shape index (κ1) is 21.8. The Bertz CT molecular complexity index is 1070. The SMILES string of the molecule is O=C(C[C@H]1SC(=Nc2ccccc2)N(Cc2ccccc2)C1=O)NCCc1ccccc1. The molecule has 1 atom stereocenters. The van der Waals surface area contributed by atoms with Crippen molar-refractivity contribution < 1.29 is 9.59 Å². The highest BCUT2D eigenvalue weighted by Gasteiger charge is 2.39. The molecule has 1 saturated heterocycles. The van der Waals surface area contributed by atoms with Gasteiger partial charge in [-0.1, -0.05) is 90.6 Å². The van der Waals surface area contributed by atoms with Crippen LogP contribution in [0.1, 0.15) is 17.5 Å². The van der Waals surface area contributed by atoms with Crippen molar-refractivity contribution in [3.05, 3.63) is 102 Å². The molecule has 3 aromatic carbocycles. The number of rotatable bonds is 8. The van der Waals surface area contributed by atoms with E-state index in [0.29, 0.717) is 18.3 Å². The van der Waals surface area contributed by atoms with Crippen LogP contribution in [0, 0.1) is 0 Å². The molecule has 4 rings (SSSR count). The van der Waals surface area contributed by atoms with E-state index in [4.69, 9.17) is 4.99 Å². The average Bonchev–Trinajstić information content (AvgIpc) is 3.10. The second-order valence-corrected chi connectivity index (χ2v) is 8.71. The van der Waals surface area contributed by atoms with Crippen LogP contribution >= 0.6 is 11.8 Å². The Balaban J connectivity index is 1.42. The first-order valence-electron chi connectivity index (χ1n) is 10.7. The minimum Gasteiger partial charge on any atom is -0.356 e. The van der Waals surface area contributed by atoms with Crippen LogP contribution in [0.3, 0.4) is 0 Å². The largest absolute Gasteiger partial charge is 0.356 e. The molecule has 0 bridgehead atoms. The van der Waals surface area contributed by atoms with Crippen molar-refractivity contribution in [2.24, 2.45) is 4.99 Å². The van der Waals surface area contributed by atoms with Crippen molar-refractivity contribution in [2.45, 2.75) is 24.6 Å². The van der Waals surface area contributed by atoms with E-state index in [-0.39, 0.29) is 18.2 Å². The number of thioether (sulfide) groups is 1. The third-order valence-electron chi connectivity index (χ3n) is 5.13. The lowest BCUT2D eigenvalue weighted by Gasteiger charge is -2.16. The van der Waals surface area contributed by atoms with Gasteiger partial charge >= 0.3 is 0 Å². The van der Waals surface area contributed by atoms with E-state index in [0.717, 1.165) is 17.7 Å². The summed E-state index contributed by atoms with van der Waals surface area (Å²) in [5.41, 5.74) is 2.98. The van der Waals surface area contributed by atoms with Crippen LogP contribution in [0.4, 0.5) is 5.69 Å². The lowest BCUT2D eigenvalue weighted by atomic mass is 10.1. The van der Waals surface area contributed by atoms with Crippen molar-refractivity contribution in [1.82, 2.24) is 10.2 Å². The van der Waals surface area contributed by atoms with Crippen LogP contribution in [0.5, 0.6) is 0 Å². The molecule has 0 aliphatic carbocycles. The second-order valence-electron chi connectivity index (χ2n) is 7.54. The topological polar surface area (TPSA) is 61.8 Å². The lowest BCUT2D eigenvalue weighted by molar-refractivity contribution is -0.129. The zero-order valence-electron chi connectivity index (χ0n) is 17.7. The average molecular weight is 444 g/mol. The van der Waals surface area contributed by atoms with Gasteiger partial charge in [0.15, 0.2) is 5.17 Å². The lowest BCUT2D eigenvalue weighted by Crippen LogP contribution is -2.34. The highest BCUT2D eigenvalue weighted by molar-refractivity contribution is 8.15. The maximum atomic E-state index is 13.2. The van der Waals surface area contributed by atoms with Gasteiger partial charge in [0.25, 0.3) is 0 Å². The summed E-state index contributed by atoms with van der Waals surface area (Å²) in [6.07, 6.45) is 0.899. The van der Waals surface area contributed by atoms with Crippen molar-refractivity contribution in [2.75, 3.05) is 6.54 Å². The molecule has 1 aliphatic heterocycles. The van der Waals surface area contributed by atoms with Gasteiger partial charge in [0.1, 0.15) is 5.25 Å². The second kappa shape index (κ2) is 10.8. The zero-order valence-corrected chi connectivity index (χ0v) is 18.5. The number of amides is 2. The summed E-state index contributed by atoms with van der Waals surface area (Å²) in [5, 5.41) is 3.10. The number of hydrogen-bond acceptors (Lipinski definition) is 4. The first-order chi connectivity index (χ1) is 15.7. The molecule has 1 fully saturated rings. The maximum Gasteiger partial charge on any atom is 0.242 e. The minimum atomic E-state index is -0.474. The molecule has 0 unspecified atom stereocenters. The number of carbonyl (C=O) groups is 2. The van der Waals surface area contributed by atoms with Gasteiger partial charge in [-0.3, -0.25) is 14.5 Å². The Morgan fingerprint density at radius 2 is 1.47 bits per heavy atom. The number of hydrogen-bond donors (Lipinski definition) is 1. The van der Waals surface area contributed by atoms with E-state index in [2.05, 4.69) is 5.32 Å². The highest BCUT2D eigenvalue weighted by atomic mass is 32.2. The van der Waals surface area contributed by atoms with Gasteiger partial charge in [0.2, 0.25) is 11.8 Å². The Kier molecular flexibility index (Phi) is 7.35. The van der Waals surface area contributed by atoms with Gasteiger partial charge in [-0.2, -0.15) is 0 Å². The van der Waals surface area contributed by atoms with Crippen LogP contribution in [-0.2, 0) is 22.6 Å². The number of benzene rings is 3. The normalized spacial score (nSPS) is 17.0. The molecular weight excluding hydrogens is 418 g/mol. The van der Waals surface area contributed by atoms with Crippen molar-refractivity contribution >= 4 is 34.4 Å². The van der Waals surface area contributed by atoms with E-state index in [1.165, 1.54) is 17.3 Å². The van der Waals surface area contributed by atoms with Crippen LogP contribution < -0.4 is 5.32 Å². The molecular formula is C26H25N3O2S. The summed E-state index contributed by atoms with van der Waals surface area (Å²) in [6.45, 7) is 0.984. The monoisotopic (exact) mass is 443 g/mol. The molecule has 6 heteroatoms. The Morgan fingerprint density at radius 1 is 0.875 bits per heavy atom. The van der Waals surface area contributed by atoms with Gasteiger partial charge in [0, 0.05) is 13.0 Å². The van der Waals surface area contributed by atoms with E-state index >= 15 is 0 Å². The minimum absolute atomic E-state index is 0.0771. The molecule has 0 spiro atoms. The Morgan fingerprint density at radius 3 is 2.12 bits per heavy atom. The molecule has 5 nitrogen and oxygen atoms in total. The molecule has 0 radical (unpaired) electrons. The van der Waals surface area contributed by atoms with Crippen molar-refractivity contribution in [3.63, 3.8) is 0 Å². The fourth-order valence-corrected chi connectivity index (χ4v) is 4.64. The molecule has 0 saturated carbocycles. The fourth-order valence-electron chi connectivity index (χ4n) is 3.48. The third kappa shape index (κ3) is 5.86. The van der Waals surface area contributed by atoms with Crippen LogP contribution in [0.25, 0.3) is 0 Å². The first-order valence-corrected chi connectivity index (χ1v) is 11.5.